The lowest BCUT2D eigenvalue weighted by Gasteiger charge is -2.11. The second kappa shape index (κ2) is 10.4. The number of carbonyl (C=O) groups is 1. The summed E-state index contributed by atoms with van der Waals surface area (Å²) < 4.78 is 28.9. The number of hydrogen-bond donors (Lipinski definition) is 2. The number of fused-ring (bicyclic) bond motifs is 1. The van der Waals surface area contributed by atoms with Crippen LogP contribution in [0.25, 0.3) is 11.0 Å². The van der Waals surface area contributed by atoms with E-state index in [1.54, 1.807) is 19.1 Å². The van der Waals surface area contributed by atoms with Crippen LogP contribution in [0.5, 0.6) is 0 Å². The molecule has 7 nitrogen and oxygen atoms in total. The number of benzene rings is 3. The number of rotatable bonds is 9. The molecule has 4 rings (SSSR count). The van der Waals surface area contributed by atoms with Gasteiger partial charge in [-0.3, -0.25) is 4.79 Å². The molecule has 0 fully saturated rings. The number of anilines is 1. The molecule has 1 heterocycles. The maximum atomic E-state index is 12.7. The Morgan fingerprint density at radius 2 is 1.76 bits per heavy atom. The Morgan fingerprint density at radius 3 is 2.53 bits per heavy atom. The van der Waals surface area contributed by atoms with Crippen molar-refractivity contribution in [3.05, 3.63) is 83.9 Å². The molecule has 9 heteroatoms. The van der Waals surface area contributed by atoms with E-state index in [1.165, 1.54) is 30.4 Å². The van der Waals surface area contributed by atoms with Gasteiger partial charge in [0, 0.05) is 12.2 Å². The van der Waals surface area contributed by atoms with E-state index in [9.17, 15) is 13.2 Å². The number of aromatic nitrogens is 2. The second-order valence-electron chi connectivity index (χ2n) is 7.80. The molecule has 2 N–H and O–H groups in total. The fraction of sp³-hybridized carbons (Fsp3) is 0.200. The van der Waals surface area contributed by atoms with Gasteiger partial charge in [-0.15, -0.1) is 0 Å². The average molecular weight is 495 g/mol. The van der Waals surface area contributed by atoms with Crippen molar-refractivity contribution in [3.8, 4) is 0 Å². The zero-order chi connectivity index (χ0) is 24.1. The lowest BCUT2D eigenvalue weighted by Crippen LogP contribution is -2.20. The number of para-hydroxylation sites is 2. The largest absolute Gasteiger partial charge is 0.325 e. The smallest absolute Gasteiger partial charge is 0.240 e. The molecule has 3 aromatic carbocycles. The Labute approximate surface area is 203 Å². The highest BCUT2D eigenvalue weighted by molar-refractivity contribution is 7.99. The molecule has 1 amide bonds. The highest BCUT2D eigenvalue weighted by Crippen LogP contribution is 2.25. The molecule has 0 aliphatic carbocycles. The standard InChI is InChI=1S/C25H26N4O3S2/c1-18-12-13-20(16-23(18)34(31,32)26-2)27-24(30)17-33-25-28-21-10-6-7-11-22(21)29(25)15-14-19-8-4-3-5-9-19/h3-13,16,26H,14-15,17H2,1-2H3,(H,27,30). The normalized spacial score (nSPS) is 11.6. The maximum Gasteiger partial charge on any atom is 0.240 e. The number of aryl methyl sites for hydroxylation is 3. The third kappa shape index (κ3) is 5.49. The Bertz CT molecular complexity index is 1420. The molecule has 0 spiro atoms. The van der Waals surface area contributed by atoms with Crippen LogP contribution in [0, 0.1) is 6.92 Å². The highest BCUT2D eigenvalue weighted by Gasteiger charge is 2.17. The Morgan fingerprint density at radius 1 is 1.03 bits per heavy atom. The lowest BCUT2D eigenvalue weighted by molar-refractivity contribution is -0.113. The van der Waals surface area contributed by atoms with E-state index >= 15 is 0 Å². The number of imidazole rings is 1. The van der Waals surface area contributed by atoms with Crippen LogP contribution in [-0.4, -0.2) is 36.7 Å². The first-order valence-electron chi connectivity index (χ1n) is 10.8. The topological polar surface area (TPSA) is 93.1 Å². The highest BCUT2D eigenvalue weighted by atomic mass is 32.2. The summed E-state index contributed by atoms with van der Waals surface area (Å²) in [4.78, 5) is 17.5. The molecule has 0 aliphatic heterocycles. The molecule has 0 bridgehead atoms. The average Bonchev–Trinajstić information content (AvgIpc) is 3.20. The summed E-state index contributed by atoms with van der Waals surface area (Å²) in [6, 6.07) is 23.0. The number of thioether (sulfide) groups is 1. The SMILES string of the molecule is CNS(=O)(=O)c1cc(NC(=O)CSc2nc3ccccc3n2CCc2ccccc2)ccc1C. The van der Waals surface area contributed by atoms with Crippen molar-refractivity contribution in [3.63, 3.8) is 0 Å². The van der Waals surface area contributed by atoms with Crippen molar-refractivity contribution in [2.24, 2.45) is 0 Å². The minimum Gasteiger partial charge on any atom is -0.325 e. The van der Waals surface area contributed by atoms with Gasteiger partial charge in [0.25, 0.3) is 0 Å². The number of nitrogens with one attached hydrogen (secondary N) is 2. The summed E-state index contributed by atoms with van der Waals surface area (Å²) in [5, 5.41) is 3.57. The van der Waals surface area contributed by atoms with Gasteiger partial charge in [-0.1, -0.05) is 60.3 Å². The van der Waals surface area contributed by atoms with Crippen LogP contribution in [0.4, 0.5) is 5.69 Å². The summed E-state index contributed by atoms with van der Waals surface area (Å²) >= 11 is 1.36. The van der Waals surface area contributed by atoms with Crippen LogP contribution in [-0.2, 0) is 27.8 Å². The third-order valence-electron chi connectivity index (χ3n) is 5.45. The van der Waals surface area contributed by atoms with E-state index in [2.05, 4.69) is 26.7 Å². The van der Waals surface area contributed by atoms with Gasteiger partial charge in [-0.25, -0.2) is 18.1 Å². The van der Waals surface area contributed by atoms with Crippen LogP contribution in [0.2, 0.25) is 0 Å². The van der Waals surface area contributed by atoms with E-state index in [4.69, 9.17) is 4.98 Å². The van der Waals surface area contributed by atoms with Crippen molar-refractivity contribution in [1.82, 2.24) is 14.3 Å². The van der Waals surface area contributed by atoms with Gasteiger partial charge in [0.05, 0.1) is 21.7 Å². The number of hydrogen-bond acceptors (Lipinski definition) is 5. The number of carbonyl (C=O) groups excluding carboxylic acids is 1. The first-order chi connectivity index (χ1) is 16.4. The molecule has 0 aliphatic rings. The molecule has 34 heavy (non-hydrogen) atoms. The fourth-order valence-electron chi connectivity index (χ4n) is 3.67. The molecule has 0 saturated heterocycles. The van der Waals surface area contributed by atoms with Gasteiger partial charge in [0.1, 0.15) is 0 Å². The molecule has 176 valence electrons. The van der Waals surface area contributed by atoms with Crippen molar-refractivity contribution in [1.29, 1.82) is 0 Å². The van der Waals surface area contributed by atoms with Crippen LogP contribution in [0.1, 0.15) is 11.1 Å². The lowest BCUT2D eigenvalue weighted by atomic mass is 10.1. The van der Waals surface area contributed by atoms with E-state index in [1.807, 2.05) is 42.5 Å². The van der Waals surface area contributed by atoms with E-state index < -0.39 is 10.0 Å². The quantitative estimate of drug-likeness (QED) is 0.340. The molecule has 1 aromatic heterocycles. The number of nitrogens with zero attached hydrogens (tertiary/aromatic N) is 2. The molecular weight excluding hydrogens is 468 g/mol. The first-order valence-corrected chi connectivity index (χ1v) is 13.3. The Hall–Kier alpha value is -3.14. The Kier molecular flexibility index (Phi) is 7.35. The summed E-state index contributed by atoms with van der Waals surface area (Å²) in [5.41, 5.74) is 4.19. The molecular formula is C25H26N4O3S2. The minimum atomic E-state index is -3.61. The van der Waals surface area contributed by atoms with Gasteiger partial charge in [0.2, 0.25) is 15.9 Å². The van der Waals surface area contributed by atoms with Gasteiger partial charge < -0.3 is 9.88 Å². The van der Waals surface area contributed by atoms with E-state index in [0.29, 0.717) is 11.3 Å². The predicted octanol–water partition coefficient (Wildman–Crippen LogP) is 4.23. The van der Waals surface area contributed by atoms with Gasteiger partial charge >= 0.3 is 0 Å². The van der Waals surface area contributed by atoms with E-state index in [-0.39, 0.29) is 16.6 Å². The zero-order valence-corrected chi connectivity index (χ0v) is 20.6. The van der Waals surface area contributed by atoms with Crippen molar-refractivity contribution >= 4 is 44.4 Å². The molecule has 0 radical (unpaired) electrons. The summed E-state index contributed by atoms with van der Waals surface area (Å²) in [6.07, 6.45) is 0.854. The first kappa shape index (κ1) is 24.0. The zero-order valence-electron chi connectivity index (χ0n) is 19.0. The van der Waals surface area contributed by atoms with Crippen molar-refractivity contribution in [2.45, 2.75) is 29.9 Å². The van der Waals surface area contributed by atoms with Gasteiger partial charge in [0.15, 0.2) is 5.16 Å². The van der Waals surface area contributed by atoms with E-state index in [0.717, 1.165) is 29.2 Å². The fourth-order valence-corrected chi connectivity index (χ4v) is 5.50. The Balaban J connectivity index is 1.48. The molecule has 0 unspecified atom stereocenters. The van der Waals surface area contributed by atoms with Crippen LogP contribution in [0.15, 0.2) is 82.8 Å². The molecule has 0 saturated carbocycles. The van der Waals surface area contributed by atoms with Crippen molar-refractivity contribution in [2.75, 3.05) is 18.1 Å². The number of sulfonamides is 1. The summed E-state index contributed by atoms with van der Waals surface area (Å²) in [5.74, 6) is -0.0836. The summed E-state index contributed by atoms with van der Waals surface area (Å²) in [7, 11) is -2.25. The summed E-state index contributed by atoms with van der Waals surface area (Å²) in [6.45, 7) is 2.46. The van der Waals surface area contributed by atoms with Crippen LogP contribution in [0.3, 0.4) is 0 Å². The predicted molar refractivity (Wildman–Crippen MR) is 137 cm³/mol. The maximum absolute atomic E-state index is 12.7. The van der Waals surface area contributed by atoms with Crippen LogP contribution < -0.4 is 10.0 Å². The van der Waals surface area contributed by atoms with Gasteiger partial charge in [-0.05, 0) is 55.8 Å². The van der Waals surface area contributed by atoms with Crippen molar-refractivity contribution < 1.29 is 13.2 Å². The number of amides is 1. The van der Waals surface area contributed by atoms with Gasteiger partial charge in [-0.2, -0.15) is 0 Å². The molecule has 4 aromatic rings. The second-order valence-corrected chi connectivity index (χ2v) is 10.6. The monoisotopic (exact) mass is 494 g/mol. The van der Waals surface area contributed by atoms with Crippen LogP contribution >= 0.6 is 11.8 Å². The molecule has 0 atom stereocenters. The minimum absolute atomic E-state index is 0.142. The third-order valence-corrected chi connectivity index (χ3v) is 7.98.